The molecule has 4 rings (SSSR count). The number of nitrogens with zero attached hydrogens (tertiary/aromatic N) is 2. The van der Waals surface area contributed by atoms with Gasteiger partial charge in [-0.15, -0.1) is 0 Å². The van der Waals surface area contributed by atoms with Crippen molar-refractivity contribution in [3.8, 4) is 0 Å². The first-order valence-corrected chi connectivity index (χ1v) is 11.1. The number of fused-ring (bicyclic) bond motifs is 1. The van der Waals surface area contributed by atoms with E-state index in [0.717, 1.165) is 17.3 Å². The van der Waals surface area contributed by atoms with Crippen LogP contribution in [0.5, 0.6) is 0 Å². The van der Waals surface area contributed by atoms with E-state index in [9.17, 15) is 19.2 Å². The number of rotatable bonds is 5. The largest absolute Gasteiger partial charge is 0.466 e. The lowest BCUT2D eigenvalue weighted by Crippen LogP contribution is -2.38. The second-order valence-corrected chi connectivity index (χ2v) is 8.27. The van der Waals surface area contributed by atoms with Crippen LogP contribution in [0.4, 0.5) is 10.5 Å². The minimum Gasteiger partial charge on any atom is -0.466 e. The molecule has 0 radical (unpaired) electrons. The Morgan fingerprint density at radius 2 is 1.94 bits per heavy atom. The Labute approximate surface area is 184 Å². The highest BCUT2D eigenvalue weighted by molar-refractivity contribution is 8.14. The number of para-hydroxylation sites is 1. The quantitative estimate of drug-likeness (QED) is 0.664. The monoisotopic (exact) mass is 438 g/mol. The summed E-state index contributed by atoms with van der Waals surface area (Å²) in [6.45, 7) is 2.63. The van der Waals surface area contributed by atoms with E-state index in [4.69, 9.17) is 4.74 Å². The molecule has 0 unspecified atom stereocenters. The second kappa shape index (κ2) is 8.93. The van der Waals surface area contributed by atoms with Gasteiger partial charge in [0, 0.05) is 17.8 Å². The fourth-order valence-corrected chi connectivity index (χ4v) is 4.66. The van der Waals surface area contributed by atoms with Crippen LogP contribution >= 0.6 is 11.8 Å². The summed E-state index contributed by atoms with van der Waals surface area (Å²) < 4.78 is 5.21. The summed E-state index contributed by atoms with van der Waals surface area (Å²) in [5.74, 6) is -0.922. The van der Waals surface area contributed by atoms with Gasteiger partial charge in [0.05, 0.1) is 24.8 Å². The van der Waals surface area contributed by atoms with E-state index in [2.05, 4.69) is 0 Å². The molecule has 2 aliphatic heterocycles. The summed E-state index contributed by atoms with van der Waals surface area (Å²) in [7, 11) is 0. The predicted octanol–water partition coefficient (Wildman–Crippen LogP) is 3.58. The Morgan fingerprint density at radius 1 is 1.13 bits per heavy atom. The number of esters is 1. The molecular formula is C23H22N2O5S. The van der Waals surface area contributed by atoms with Crippen LogP contribution in [0.1, 0.15) is 40.7 Å². The molecular weight excluding hydrogens is 416 g/mol. The Balaban J connectivity index is 1.58. The molecule has 1 saturated heterocycles. The molecule has 8 heteroatoms. The zero-order valence-electron chi connectivity index (χ0n) is 17.1. The first kappa shape index (κ1) is 21.1. The van der Waals surface area contributed by atoms with E-state index in [0.29, 0.717) is 36.4 Å². The number of ether oxygens (including phenoxy) is 1. The maximum absolute atomic E-state index is 13.3. The molecule has 31 heavy (non-hydrogen) atoms. The van der Waals surface area contributed by atoms with Gasteiger partial charge in [0.15, 0.2) is 0 Å². The molecule has 3 amide bonds. The van der Waals surface area contributed by atoms with Crippen molar-refractivity contribution < 1.29 is 23.9 Å². The van der Waals surface area contributed by atoms with Gasteiger partial charge in [-0.2, -0.15) is 0 Å². The molecule has 2 heterocycles. The minimum absolute atomic E-state index is 0.146. The fraction of sp³-hybridized carbons (Fsp3) is 0.304. The second-order valence-electron chi connectivity index (χ2n) is 7.34. The molecule has 2 aromatic rings. The lowest BCUT2D eigenvalue weighted by atomic mass is 9.89. The SMILES string of the molecule is CCOC(=O)[C@H]1CCN(C(=O)c2cccc(CN3C(=O)CSC3=O)c2)c2ccccc21. The first-order chi connectivity index (χ1) is 15.0. The van der Waals surface area contributed by atoms with Gasteiger partial charge < -0.3 is 9.64 Å². The van der Waals surface area contributed by atoms with E-state index in [-0.39, 0.29) is 35.3 Å². The normalized spacial score (nSPS) is 18.2. The Bertz CT molecular complexity index is 1040. The Hall–Kier alpha value is -3.13. The summed E-state index contributed by atoms with van der Waals surface area (Å²) in [6, 6.07) is 14.4. The zero-order chi connectivity index (χ0) is 22.0. The highest BCUT2D eigenvalue weighted by atomic mass is 32.2. The van der Waals surface area contributed by atoms with Gasteiger partial charge in [-0.25, -0.2) is 0 Å². The summed E-state index contributed by atoms with van der Waals surface area (Å²) >= 11 is 0.989. The van der Waals surface area contributed by atoms with Gasteiger partial charge in [0.1, 0.15) is 0 Å². The van der Waals surface area contributed by atoms with Gasteiger partial charge in [0.2, 0.25) is 5.91 Å². The van der Waals surface area contributed by atoms with Crippen LogP contribution in [0.25, 0.3) is 0 Å². The van der Waals surface area contributed by atoms with Gasteiger partial charge >= 0.3 is 5.97 Å². The highest BCUT2D eigenvalue weighted by Crippen LogP contribution is 2.36. The van der Waals surface area contributed by atoms with Crippen molar-refractivity contribution in [1.82, 2.24) is 4.90 Å². The molecule has 2 aromatic carbocycles. The number of imide groups is 1. The zero-order valence-corrected chi connectivity index (χ0v) is 17.9. The first-order valence-electron chi connectivity index (χ1n) is 10.1. The molecule has 1 atom stereocenters. The lowest BCUT2D eigenvalue weighted by molar-refractivity contribution is -0.145. The van der Waals surface area contributed by atoms with Crippen molar-refractivity contribution in [3.63, 3.8) is 0 Å². The van der Waals surface area contributed by atoms with Gasteiger partial charge in [-0.3, -0.25) is 24.1 Å². The molecule has 0 saturated carbocycles. The number of anilines is 1. The van der Waals surface area contributed by atoms with Gasteiger partial charge in [-0.1, -0.05) is 42.1 Å². The van der Waals surface area contributed by atoms with Crippen molar-refractivity contribution in [2.75, 3.05) is 23.8 Å². The molecule has 0 N–H and O–H groups in total. The standard InChI is InChI=1S/C23H22N2O5S/c1-2-30-22(28)18-10-11-24(19-9-4-3-8-17(18)19)21(27)16-7-5-6-15(12-16)13-25-20(26)14-31-23(25)29/h3-9,12,18H,2,10-11,13-14H2,1H3/t18-/m0/s1. The van der Waals surface area contributed by atoms with E-state index in [1.165, 1.54) is 4.90 Å². The van der Waals surface area contributed by atoms with Crippen LogP contribution in [0.2, 0.25) is 0 Å². The smallest absolute Gasteiger partial charge is 0.313 e. The number of hydrogen-bond donors (Lipinski definition) is 0. The average Bonchev–Trinajstić information content (AvgIpc) is 3.10. The molecule has 0 aliphatic carbocycles. The van der Waals surface area contributed by atoms with Crippen LogP contribution in [-0.2, 0) is 20.9 Å². The van der Waals surface area contributed by atoms with Crippen molar-refractivity contribution >= 4 is 40.5 Å². The third-order valence-corrected chi connectivity index (χ3v) is 6.27. The Morgan fingerprint density at radius 3 is 2.68 bits per heavy atom. The fourth-order valence-electron chi connectivity index (χ4n) is 3.94. The van der Waals surface area contributed by atoms with E-state index in [1.54, 1.807) is 36.1 Å². The topological polar surface area (TPSA) is 84.0 Å². The molecule has 2 aliphatic rings. The number of benzene rings is 2. The molecule has 0 bridgehead atoms. The number of carbonyl (C=O) groups excluding carboxylic acids is 4. The van der Waals surface area contributed by atoms with Crippen molar-refractivity contribution in [2.45, 2.75) is 25.8 Å². The third kappa shape index (κ3) is 4.20. The van der Waals surface area contributed by atoms with Crippen LogP contribution < -0.4 is 4.90 Å². The minimum atomic E-state index is -0.392. The van der Waals surface area contributed by atoms with Crippen LogP contribution in [0.15, 0.2) is 48.5 Å². The van der Waals surface area contributed by atoms with Gasteiger partial charge in [-0.05, 0) is 42.7 Å². The number of carbonyl (C=O) groups is 4. The van der Waals surface area contributed by atoms with Crippen LogP contribution in [0.3, 0.4) is 0 Å². The summed E-state index contributed by atoms with van der Waals surface area (Å²) in [6.07, 6.45) is 0.481. The maximum atomic E-state index is 13.3. The third-order valence-electron chi connectivity index (χ3n) is 5.42. The van der Waals surface area contributed by atoms with E-state index >= 15 is 0 Å². The number of amides is 3. The van der Waals surface area contributed by atoms with Crippen LogP contribution in [0, 0.1) is 0 Å². The van der Waals surface area contributed by atoms with Crippen molar-refractivity contribution in [2.24, 2.45) is 0 Å². The molecule has 0 spiro atoms. The van der Waals surface area contributed by atoms with E-state index in [1.807, 2.05) is 24.3 Å². The molecule has 1 fully saturated rings. The van der Waals surface area contributed by atoms with Crippen LogP contribution in [-0.4, -0.2) is 46.8 Å². The van der Waals surface area contributed by atoms with Gasteiger partial charge in [0.25, 0.3) is 11.1 Å². The molecule has 0 aromatic heterocycles. The number of hydrogen-bond acceptors (Lipinski definition) is 6. The summed E-state index contributed by atoms with van der Waals surface area (Å²) in [5.41, 5.74) is 2.66. The number of thioether (sulfide) groups is 1. The van der Waals surface area contributed by atoms with Crippen molar-refractivity contribution in [1.29, 1.82) is 0 Å². The Kier molecular flexibility index (Phi) is 6.08. The predicted molar refractivity (Wildman–Crippen MR) is 117 cm³/mol. The summed E-state index contributed by atoms with van der Waals surface area (Å²) in [5, 5.41) is -0.267. The van der Waals surface area contributed by atoms with Crippen molar-refractivity contribution in [3.05, 3.63) is 65.2 Å². The lowest BCUT2D eigenvalue weighted by Gasteiger charge is -2.33. The molecule has 160 valence electrons. The highest BCUT2D eigenvalue weighted by Gasteiger charge is 2.34. The summed E-state index contributed by atoms with van der Waals surface area (Å²) in [4.78, 5) is 52.4. The maximum Gasteiger partial charge on any atom is 0.313 e. The molecule has 7 nitrogen and oxygen atoms in total. The van der Waals surface area contributed by atoms with E-state index < -0.39 is 5.92 Å². The average molecular weight is 439 g/mol.